The van der Waals surface area contributed by atoms with Crippen molar-refractivity contribution < 1.29 is 9.53 Å². The van der Waals surface area contributed by atoms with Crippen LogP contribution in [0.2, 0.25) is 0 Å². The SMILES string of the molecule is C=C(C)c1nc(-c2cccc(C#CC3(C(=O)N(C)CC)CO3)c2)nc2c1ccn2C. The van der Waals surface area contributed by atoms with E-state index in [4.69, 9.17) is 14.7 Å². The number of benzene rings is 1. The normalized spacial score (nSPS) is 17.3. The minimum Gasteiger partial charge on any atom is -0.347 e. The minimum atomic E-state index is -1.01. The smallest absolute Gasteiger partial charge is 0.269 e. The van der Waals surface area contributed by atoms with Crippen LogP contribution in [0.3, 0.4) is 0 Å². The molecule has 0 bridgehead atoms. The number of epoxide rings is 1. The summed E-state index contributed by atoms with van der Waals surface area (Å²) in [6, 6.07) is 9.71. The van der Waals surface area contributed by atoms with Crippen molar-refractivity contribution in [1.82, 2.24) is 19.4 Å². The Hall–Kier alpha value is -3.43. The molecule has 1 saturated heterocycles. The predicted octanol–water partition coefficient (Wildman–Crippen LogP) is 3.27. The monoisotopic (exact) mass is 400 g/mol. The highest BCUT2D eigenvalue weighted by atomic mass is 16.6. The predicted molar refractivity (Wildman–Crippen MR) is 118 cm³/mol. The van der Waals surface area contributed by atoms with Gasteiger partial charge in [-0.15, -0.1) is 0 Å². The van der Waals surface area contributed by atoms with E-state index in [1.165, 1.54) is 0 Å². The van der Waals surface area contributed by atoms with Crippen molar-refractivity contribution in [2.75, 3.05) is 20.2 Å². The fourth-order valence-corrected chi connectivity index (χ4v) is 3.27. The molecule has 6 nitrogen and oxygen atoms in total. The molecule has 2 aromatic heterocycles. The Kier molecular flexibility index (Phi) is 4.92. The van der Waals surface area contributed by atoms with Gasteiger partial charge in [-0.1, -0.05) is 24.6 Å². The van der Waals surface area contributed by atoms with Crippen LogP contribution in [0.25, 0.3) is 28.0 Å². The molecule has 3 aromatic rings. The number of aromatic nitrogens is 3. The van der Waals surface area contributed by atoms with Crippen LogP contribution < -0.4 is 0 Å². The Morgan fingerprint density at radius 1 is 1.37 bits per heavy atom. The molecule has 1 unspecified atom stereocenters. The van der Waals surface area contributed by atoms with Crippen molar-refractivity contribution in [3.05, 3.63) is 54.4 Å². The highest BCUT2D eigenvalue weighted by molar-refractivity contribution is 5.91. The first-order valence-corrected chi connectivity index (χ1v) is 9.87. The molecular formula is C24H24N4O2. The van der Waals surface area contributed by atoms with Crippen molar-refractivity contribution in [2.24, 2.45) is 7.05 Å². The summed E-state index contributed by atoms with van der Waals surface area (Å²) in [5.74, 6) is 6.64. The van der Waals surface area contributed by atoms with Gasteiger partial charge in [-0.25, -0.2) is 9.97 Å². The second-order valence-corrected chi connectivity index (χ2v) is 7.61. The van der Waals surface area contributed by atoms with Gasteiger partial charge in [-0.05, 0) is 43.5 Å². The van der Waals surface area contributed by atoms with Crippen molar-refractivity contribution in [2.45, 2.75) is 19.4 Å². The minimum absolute atomic E-state index is 0.0998. The van der Waals surface area contributed by atoms with Crippen LogP contribution in [0.15, 0.2) is 43.1 Å². The number of ether oxygens (including phenoxy) is 1. The van der Waals surface area contributed by atoms with Crippen LogP contribution in [0.5, 0.6) is 0 Å². The highest BCUT2D eigenvalue weighted by Gasteiger charge is 2.52. The van der Waals surface area contributed by atoms with E-state index >= 15 is 0 Å². The van der Waals surface area contributed by atoms with Crippen LogP contribution >= 0.6 is 0 Å². The van der Waals surface area contributed by atoms with E-state index < -0.39 is 5.60 Å². The largest absolute Gasteiger partial charge is 0.347 e. The lowest BCUT2D eigenvalue weighted by Gasteiger charge is -2.15. The maximum atomic E-state index is 12.5. The van der Waals surface area contributed by atoms with Crippen LogP contribution in [0.4, 0.5) is 0 Å². The lowest BCUT2D eigenvalue weighted by atomic mass is 10.1. The lowest BCUT2D eigenvalue weighted by Crippen LogP contribution is -2.38. The molecule has 3 heterocycles. The van der Waals surface area contributed by atoms with Gasteiger partial charge in [0.05, 0.1) is 12.3 Å². The van der Waals surface area contributed by atoms with Gasteiger partial charge in [0.25, 0.3) is 5.91 Å². The summed E-state index contributed by atoms with van der Waals surface area (Å²) in [7, 11) is 3.72. The van der Waals surface area contributed by atoms with Crippen LogP contribution in [0.1, 0.15) is 25.1 Å². The van der Waals surface area contributed by atoms with E-state index in [0.29, 0.717) is 19.0 Å². The summed E-state index contributed by atoms with van der Waals surface area (Å²) in [5.41, 5.74) is 3.21. The number of nitrogens with zero attached hydrogens (tertiary/aromatic N) is 4. The third-order valence-electron chi connectivity index (χ3n) is 5.26. The molecule has 1 atom stereocenters. The molecular weight excluding hydrogens is 376 g/mol. The van der Waals surface area contributed by atoms with Gasteiger partial charge in [0.1, 0.15) is 5.65 Å². The zero-order valence-corrected chi connectivity index (χ0v) is 17.7. The van der Waals surface area contributed by atoms with E-state index in [9.17, 15) is 4.79 Å². The number of rotatable bonds is 4. The Labute approximate surface area is 176 Å². The maximum absolute atomic E-state index is 12.5. The summed E-state index contributed by atoms with van der Waals surface area (Å²) in [6.07, 6.45) is 1.97. The van der Waals surface area contributed by atoms with Gasteiger partial charge in [0.15, 0.2) is 5.82 Å². The Morgan fingerprint density at radius 3 is 2.80 bits per heavy atom. The van der Waals surface area contributed by atoms with Crippen molar-refractivity contribution in [3.63, 3.8) is 0 Å². The summed E-state index contributed by atoms with van der Waals surface area (Å²) < 4.78 is 7.38. The van der Waals surface area contributed by atoms with E-state index in [1.54, 1.807) is 11.9 Å². The average molecular weight is 400 g/mol. The first-order chi connectivity index (χ1) is 14.3. The molecule has 0 spiro atoms. The number of carbonyl (C=O) groups is 1. The fourth-order valence-electron chi connectivity index (χ4n) is 3.27. The Morgan fingerprint density at radius 2 is 2.13 bits per heavy atom. The molecule has 1 aliphatic heterocycles. The van der Waals surface area contributed by atoms with E-state index in [-0.39, 0.29) is 5.91 Å². The Bertz CT molecular complexity index is 1220. The molecule has 0 saturated carbocycles. The summed E-state index contributed by atoms with van der Waals surface area (Å²) >= 11 is 0. The molecule has 152 valence electrons. The molecule has 0 aliphatic carbocycles. The van der Waals surface area contributed by atoms with Gasteiger partial charge in [-0.3, -0.25) is 4.79 Å². The first-order valence-electron chi connectivity index (χ1n) is 9.87. The number of carbonyl (C=O) groups excluding carboxylic acids is 1. The second-order valence-electron chi connectivity index (χ2n) is 7.61. The van der Waals surface area contributed by atoms with Gasteiger partial charge in [0, 0.05) is 43.4 Å². The van der Waals surface area contributed by atoms with Crippen molar-refractivity contribution in [3.8, 4) is 23.2 Å². The maximum Gasteiger partial charge on any atom is 0.269 e. The third kappa shape index (κ3) is 3.49. The molecule has 1 fully saturated rings. The topological polar surface area (TPSA) is 63.6 Å². The number of allylic oxidation sites excluding steroid dienone is 1. The van der Waals surface area contributed by atoms with E-state index in [1.807, 2.05) is 62.0 Å². The van der Waals surface area contributed by atoms with Crippen LogP contribution in [0, 0.1) is 11.8 Å². The van der Waals surface area contributed by atoms with E-state index in [0.717, 1.165) is 33.4 Å². The van der Waals surface area contributed by atoms with Gasteiger partial charge in [-0.2, -0.15) is 0 Å². The van der Waals surface area contributed by atoms with E-state index in [2.05, 4.69) is 18.4 Å². The first kappa shape index (κ1) is 19.9. The zero-order chi connectivity index (χ0) is 21.5. The number of fused-ring (bicyclic) bond motifs is 1. The lowest BCUT2D eigenvalue weighted by molar-refractivity contribution is -0.133. The van der Waals surface area contributed by atoms with Crippen molar-refractivity contribution in [1.29, 1.82) is 0 Å². The third-order valence-corrected chi connectivity index (χ3v) is 5.26. The van der Waals surface area contributed by atoms with Crippen LogP contribution in [-0.4, -0.2) is 51.1 Å². The molecule has 6 heteroatoms. The fraction of sp³-hybridized carbons (Fsp3) is 0.292. The van der Waals surface area contributed by atoms with Crippen LogP contribution in [-0.2, 0) is 16.6 Å². The highest BCUT2D eigenvalue weighted by Crippen LogP contribution is 2.29. The van der Waals surface area contributed by atoms with Crippen molar-refractivity contribution >= 4 is 22.5 Å². The number of amides is 1. The molecule has 30 heavy (non-hydrogen) atoms. The molecule has 0 N–H and O–H groups in total. The number of likely N-dealkylation sites (N-methyl/N-ethyl adjacent to an activating group) is 1. The Balaban J connectivity index is 1.71. The van der Waals surface area contributed by atoms with Gasteiger partial charge >= 0.3 is 0 Å². The standard InChI is InChI=1S/C24H24N4O2/c1-6-27(4)23(29)24(15-30-24)12-10-17-8-7-9-18(14-17)21-25-20(16(2)3)19-11-13-28(5)22(19)26-21/h7-9,11,13-14H,2,6,15H2,1,3-5H3. The molecule has 4 rings (SSSR count). The summed E-state index contributed by atoms with van der Waals surface area (Å²) in [4.78, 5) is 23.6. The molecule has 1 aliphatic rings. The zero-order valence-electron chi connectivity index (χ0n) is 17.7. The molecule has 0 radical (unpaired) electrons. The summed E-state index contributed by atoms with van der Waals surface area (Å²) in [5, 5.41) is 0.982. The second kappa shape index (κ2) is 7.43. The average Bonchev–Trinajstić information content (AvgIpc) is 3.47. The van der Waals surface area contributed by atoms with Gasteiger partial charge in [0.2, 0.25) is 5.60 Å². The molecule has 1 aromatic carbocycles. The number of hydrogen-bond acceptors (Lipinski definition) is 4. The summed E-state index contributed by atoms with van der Waals surface area (Å²) in [6.45, 7) is 8.88. The number of aryl methyl sites for hydroxylation is 1. The van der Waals surface area contributed by atoms with Gasteiger partial charge < -0.3 is 14.2 Å². The number of hydrogen-bond donors (Lipinski definition) is 0. The quantitative estimate of drug-likeness (QED) is 0.498. The molecule has 1 amide bonds.